The second-order valence-corrected chi connectivity index (χ2v) is 6.13. The van der Waals surface area contributed by atoms with Crippen LogP contribution in [0.1, 0.15) is 10.4 Å². The topological polar surface area (TPSA) is 76.9 Å². The van der Waals surface area contributed by atoms with E-state index in [-0.39, 0.29) is 18.0 Å². The maximum absolute atomic E-state index is 12.4. The molecule has 6 nitrogen and oxygen atoms in total. The predicted molar refractivity (Wildman–Crippen MR) is 86.2 cm³/mol. The average molecular weight is 314 g/mol. The second-order valence-electron chi connectivity index (χ2n) is 4.93. The fourth-order valence-electron chi connectivity index (χ4n) is 2.16. The first-order chi connectivity index (χ1) is 10.6. The van der Waals surface area contributed by atoms with E-state index in [1.165, 1.54) is 11.3 Å². The van der Waals surface area contributed by atoms with Crippen molar-refractivity contribution in [3.63, 3.8) is 0 Å². The lowest BCUT2D eigenvalue weighted by molar-refractivity contribution is -0.117. The van der Waals surface area contributed by atoms with Crippen LogP contribution in [0.3, 0.4) is 0 Å². The van der Waals surface area contributed by atoms with Gasteiger partial charge in [0.2, 0.25) is 5.91 Å². The number of carbonyl (C=O) groups is 1. The number of amides is 1. The molecule has 2 aromatic heterocycles. The minimum absolute atomic E-state index is 0.162. The highest BCUT2D eigenvalue weighted by atomic mass is 32.1. The van der Waals surface area contributed by atoms with E-state index in [0.29, 0.717) is 15.9 Å². The first kappa shape index (κ1) is 14.4. The molecule has 0 fully saturated rings. The molecule has 1 amide bonds. The highest BCUT2D eigenvalue weighted by molar-refractivity contribution is 7.18. The fourth-order valence-corrected chi connectivity index (χ4v) is 3.12. The molecule has 3 aromatic rings. The molecule has 0 saturated carbocycles. The van der Waals surface area contributed by atoms with Crippen molar-refractivity contribution in [3.8, 4) is 0 Å². The Balaban J connectivity index is 1.88. The molecule has 0 bridgehead atoms. The molecule has 0 aliphatic carbocycles. The summed E-state index contributed by atoms with van der Waals surface area (Å²) in [5.41, 5.74) is 1.30. The minimum Gasteiger partial charge on any atom is -0.324 e. The molecule has 0 spiro atoms. The van der Waals surface area contributed by atoms with Crippen LogP contribution in [0.25, 0.3) is 10.2 Å². The summed E-state index contributed by atoms with van der Waals surface area (Å²) in [7, 11) is 0. The molecule has 0 aliphatic heterocycles. The molecular formula is C15H14N4O2S. The number of rotatable bonds is 3. The number of para-hydroxylation sites is 1. The Bertz CT molecular complexity index is 899. The molecule has 1 N–H and O–H groups in total. The number of aryl methyl sites for hydroxylation is 2. The van der Waals surface area contributed by atoms with Gasteiger partial charge < -0.3 is 5.32 Å². The van der Waals surface area contributed by atoms with Crippen LogP contribution in [-0.2, 0) is 11.3 Å². The average Bonchev–Trinajstić information content (AvgIpc) is 2.79. The second kappa shape index (κ2) is 5.69. The molecule has 0 unspecified atom stereocenters. The van der Waals surface area contributed by atoms with Crippen LogP contribution < -0.4 is 10.9 Å². The number of nitrogens with one attached hydrogen (secondary N) is 1. The van der Waals surface area contributed by atoms with E-state index < -0.39 is 0 Å². The standard InChI is InChI=1S/C15H14N4O2S/c1-9-10(2)22-14-13(9)15(21)19(18-17-14)8-12(20)16-11-6-4-3-5-7-11/h3-7H,8H2,1-2H3,(H,16,20). The Morgan fingerprint density at radius 3 is 2.73 bits per heavy atom. The van der Waals surface area contributed by atoms with E-state index >= 15 is 0 Å². The maximum Gasteiger partial charge on any atom is 0.279 e. The monoisotopic (exact) mass is 314 g/mol. The van der Waals surface area contributed by atoms with Crippen LogP contribution in [-0.4, -0.2) is 20.9 Å². The Morgan fingerprint density at radius 1 is 1.27 bits per heavy atom. The Hall–Kier alpha value is -2.54. The third-order valence-corrected chi connectivity index (χ3v) is 4.50. The number of carbonyl (C=O) groups excluding carboxylic acids is 1. The smallest absolute Gasteiger partial charge is 0.279 e. The summed E-state index contributed by atoms with van der Waals surface area (Å²) in [6.07, 6.45) is 0. The van der Waals surface area contributed by atoms with Crippen LogP contribution in [0, 0.1) is 13.8 Å². The predicted octanol–water partition coefficient (Wildman–Crippen LogP) is 2.11. The molecule has 2 heterocycles. The number of aromatic nitrogens is 3. The number of hydrogen-bond donors (Lipinski definition) is 1. The van der Waals surface area contributed by atoms with Crippen molar-refractivity contribution in [2.45, 2.75) is 20.4 Å². The number of anilines is 1. The summed E-state index contributed by atoms with van der Waals surface area (Å²) in [5.74, 6) is -0.313. The zero-order valence-electron chi connectivity index (χ0n) is 12.2. The normalized spacial score (nSPS) is 10.8. The van der Waals surface area contributed by atoms with Gasteiger partial charge in [-0.1, -0.05) is 23.4 Å². The lowest BCUT2D eigenvalue weighted by atomic mass is 10.2. The van der Waals surface area contributed by atoms with Gasteiger partial charge in [-0.05, 0) is 31.5 Å². The van der Waals surface area contributed by atoms with Crippen LogP contribution in [0.4, 0.5) is 5.69 Å². The minimum atomic E-state index is -0.313. The Labute approximate surface area is 130 Å². The molecule has 0 atom stereocenters. The summed E-state index contributed by atoms with van der Waals surface area (Å²) in [6.45, 7) is 3.66. The molecular weight excluding hydrogens is 300 g/mol. The van der Waals surface area contributed by atoms with Crippen LogP contribution in [0.15, 0.2) is 35.1 Å². The molecule has 7 heteroatoms. The lowest BCUT2D eigenvalue weighted by Crippen LogP contribution is -2.30. The van der Waals surface area contributed by atoms with Crippen molar-refractivity contribution in [2.75, 3.05) is 5.32 Å². The Kier molecular flexibility index (Phi) is 3.72. The number of nitrogens with zero attached hydrogens (tertiary/aromatic N) is 3. The first-order valence-electron chi connectivity index (χ1n) is 6.74. The van der Waals surface area contributed by atoms with E-state index in [1.807, 2.05) is 32.0 Å². The third kappa shape index (κ3) is 2.62. The Morgan fingerprint density at radius 2 is 2.00 bits per heavy atom. The zero-order valence-corrected chi connectivity index (χ0v) is 13.0. The zero-order chi connectivity index (χ0) is 15.7. The van der Waals surface area contributed by atoms with Gasteiger partial charge >= 0.3 is 0 Å². The van der Waals surface area contributed by atoms with Gasteiger partial charge in [0.15, 0.2) is 4.83 Å². The van der Waals surface area contributed by atoms with Crippen molar-refractivity contribution in [1.29, 1.82) is 0 Å². The molecule has 112 valence electrons. The SMILES string of the molecule is Cc1sc2nnn(CC(=O)Nc3ccccc3)c(=O)c2c1C. The van der Waals surface area contributed by atoms with E-state index in [2.05, 4.69) is 15.6 Å². The summed E-state index contributed by atoms with van der Waals surface area (Å²) in [6, 6.07) is 9.07. The van der Waals surface area contributed by atoms with E-state index in [9.17, 15) is 9.59 Å². The first-order valence-corrected chi connectivity index (χ1v) is 7.56. The van der Waals surface area contributed by atoms with Gasteiger partial charge in [-0.15, -0.1) is 16.4 Å². The van der Waals surface area contributed by atoms with Crippen molar-refractivity contribution >= 4 is 33.1 Å². The molecule has 0 saturated heterocycles. The summed E-state index contributed by atoms with van der Waals surface area (Å²) in [4.78, 5) is 26.1. The molecule has 22 heavy (non-hydrogen) atoms. The maximum atomic E-state index is 12.4. The van der Waals surface area contributed by atoms with E-state index in [4.69, 9.17) is 0 Å². The van der Waals surface area contributed by atoms with Crippen molar-refractivity contribution in [2.24, 2.45) is 0 Å². The van der Waals surface area contributed by atoms with E-state index in [0.717, 1.165) is 15.1 Å². The summed E-state index contributed by atoms with van der Waals surface area (Å²) < 4.78 is 1.10. The van der Waals surface area contributed by atoms with Crippen molar-refractivity contribution < 1.29 is 4.79 Å². The largest absolute Gasteiger partial charge is 0.324 e. The molecule has 3 rings (SSSR count). The summed E-state index contributed by atoms with van der Waals surface area (Å²) >= 11 is 1.44. The van der Waals surface area contributed by atoms with Gasteiger partial charge in [-0.2, -0.15) is 0 Å². The molecule has 0 radical (unpaired) electrons. The molecule has 1 aromatic carbocycles. The van der Waals surface area contributed by atoms with Crippen LogP contribution in [0.2, 0.25) is 0 Å². The number of benzene rings is 1. The van der Waals surface area contributed by atoms with Crippen molar-refractivity contribution in [1.82, 2.24) is 15.0 Å². The molecule has 0 aliphatic rings. The quantitative estimate of drug-likeness (QED) is 0.803. The van der Waals surface area contributed by atoms with Gasteiger partial charge in [0, 0.05) is 10.6 Å². The number of fused-ring (bicyclic) bond motifs is 1. The van der Waals surface area contributed by atoms with Gasteiger partial charge in [0.05, 0.1) is 5.39 Å². The van der Waals surface area contributed by atoms with Crippen molar-refractivity contribution in [3.05, 3.63) is 51.1 Å². The number of thiophene rings is 1. The van der Waals surface area contributed by atoms with Gasteiger partial charge in [-0.3, -0.25) is 9.59 Å². The van der Waals surface area contributed by atoms with Gasteiger partial charge in [0.1, 0.15) is 6.54 Å². The van der Waals surface area contributed by atoms with Gasteiger partial charge in [0.25, 0.3) is 5.56 Å². The highest BCUT2D eigenvalue weighted by Crippen LogP contribution is 2.24. The third-order valence-electron chi connectivity index (χ3n) is 3.41. The highest BCUT2D eigenvalue weighted by Gasteiger charge is 2.14. The summed E-state index contributed by atoms with van der Waals surface area (Å²) in [5, 5.41) is 11.1. The van der Waals surface area contributed by atoms with E-state index in [1.54, 1.807) is 12.1 Å². The van der Waals surface area contributed by atoms with Gasteiger partial charge in [-0.25, -0.2) is 4.68 Å². The van der Waals surface area contributed by atoms with Crippen LogP contribution >= 0.6 is 11.3 Å². The van der Waals surface area contributed by atoms with Crippen LogP contribution in [0.5, 0.6) is 0 Å². The number of hydrogen-bond acceptors (Lipinski definition) is 5. The lowest BCUT2D eigenvalue weighted by Gasteiger charge is -2.06. The fraction of sp³-hybridized carbons (Fsp3) is 0.200.